The topological polar surface area (TPSA) is 73.6 Å². The Kier molecular flexibility index (Phi) is 3.95. The van der Waals surface area contributed by atoms with Gasteiger partial charge in [0.05, 0.1) is 0 Å². The Bertz CT molecular complexity index is 472. The molecular formula is C14H20N2O3. The molecule has 5 nitrogen and oxygen atoms in total. The van der Waals surface area contributed by atoms with Crippen LogP contribution in [0.25, 0.3) is 0 Å². The molecule has 1 aromatic rings. The molecule has 19 heavy (non-hydrogen) atoms. The van der Waals surface area contributed by atoms with Crippen LogP contribution in [0.15, 0.2) is 18.2 Å². The van der Waals surface area contributed by atoms with E-state index in [0.29, 0.717) is 26.2 Å². The largest absolute Gasteiger partial charge is 0.486 e. The molecule has 0 radical (unpaired) electrons. The minimum atomic E-state index is -0.320. The highest BCUT2D eigenvalue weighted by molar-refractivity contribution is 5.75. The minimum absolute atomic E-state index is 0.303. The zero-order valence-electron chi connectivity index (χ0n) is 11.4. The van der Waals surface area contributed by atoms with E-state index in [-0.39, 0.29) is 11.4 Å². The summed E-state index contributed by atoms with van der Waals surface area (Å²) in [5.41, 5.74) is 5.99. The average Bonchev–Trinajstić information content (AvgIpc) is 2.35. The Hall–Kier alpha value is -1.75. The van der Waals surface area contributed by atoms with E-state index in [1.807, 2.05) is 32.0 Å². The van der Waals surface area contributed by atoms with E-state index in [9.17, 15) is 4.79 Å². The lowest BCUT2D eigenvalue weighted by Crippen LogP contribution is -2.42. The van der Waals surface area contributed by atoms with Gasteiger partial charge < -0.3 is 20.5 Å². The highest BCUT2D eigenvalue weighted by atomic mass is 16.6. The lowest BCUT2D eigenvalue weighted by Gasteiger charge is -2.25. The number of benzene rings is 1. The molecular weight excluding hydrogens is 244 g/mol. The van der Waals surface area contributed by atoms with Crippen LogP contribution >= 0.6 is 0 Å². The number of amides is 1. The molecule has 1 heterocycles. The maximum atomic E-state index is 11.0. The van der Waals surface area contributed by atoms with Gasteiger partial charge in [-0.25, -0.2) is 0 Å². The minimum Gasteiger partial charge on any atom is -0.486 e. The fourth-order valence-corrected chi connectivity index (χ4v) is 2.04. The third-order valence-electron chi connectivity index (χ3n) is 2.99. The normalized spacial score (nSPS) is 14.2. The fourth-order valence-electron chi connectivity index (χ4n) is 2.04. The van der Waals surface area contributed by atoms with Gasteiger partial charge in [-0.15, -0.1) is 0 Å². The van der Waals surface area contributed by atoms with Gasteiger partial charge in [-0.2, -0.15) is 0 Å². The summed E-state index contributed by atoms with van der Waals surface area (Å²) in [4.78, 5) is 11.0. The van der Waals surface area contributed by atoms with Crippen molar-refractivity contribution >= 4 is 5.91 Å². The summed E-state index contributed by atoms with van der Waals surface area (Å²) in [5.74, 6) is 1.25. The second-order valence-electron chi connectivity index (χ2n) is 5.36. The van der Waals surface area contributed by atoms with Gasteiger partial charge in [0, 0.05) is 18.5 Å². The summed E-state index contributed by atoms with van der Waals surface area (Å²) in [6.07, 6.45) is 0.303. The molecule has 0 spiro atoms. The van der Waals surface area contributed by atoms with Crippen LogP contribution < -0.4 is 20.5 Å². The predicted molar refractivity (Wildman–Crippen MR) is 72.2 cm³/mol. The third-order valence-corrected chi connectivity index (χ3v) is 2.99. The van der Waals surface area contributed by atoms with Gasteiger partial charge in [0.25, 0.3) is 0 Å². The van der Waals surface area contributed by atoms with Crippen LogP contribution in [0.3, 0.4) is 0 Å². The second-order valence-corrected chi connectivity index (χ2v) is 5.36. The molecule has 0 aliphatic carbocycles. The molecule has 1 aromatic carbocycles. The molecule has 1 aliphatic rings. The molecule has 0 atom stereocenters. The highest BCUT2D eigenvalue weighted by Gasteiger charge is 2.20. The number of fused-ring (bicyclic) bond motifs is 1. The van der Waals surface area contributed by atoms with E-state index in [1.165, 1.54) is 0 Å². The number of primary amides is 1. The molecule has 0 saturated heterocycles. The number of nitrogens with one attached hydrogen (secondary N) is 1. The van der Waals surface area contributed by atoms with Crippen molar-refractivity contribution in [2.75, 3.05) is 13.2 Å². The van der Waals surface area contributed by atoms with Crippen molar-refractivity contribution in [1.29, 1.82) is 0 Å². The van der Waals surface area contributed by atoms with E-state index in [0.717, 1.165) is 17.1 Å². The zero-order chi connectivity index (χ0) is 13.9. The van der Waals surface area contributed by atoms with Crippen molar-refractivity contribution in [3.8, 4) is 11.5 Å². The van der Waals surface area contributed by atoms with E-state index in [1.54, 1.807) is 0 Å². The second kappa shape index (κ2) is 5.48. The lowest BCUT2D eigenvalue weighted by atomic mass is 10.00. The summed E-state index contributed by atoms with van der Waals surface area (Å²) in [5, 5.41) is 3.32. The van der Waals surface area contributed by atoms with E-state index >= 15 is 0 Å². The summed E-state index contributed by atoms with van der Waals surface area (Å²) in [6, 6.07) is 5.86. The molecule has 104 valence electrons. The quantitative estimate of drug-likeness (QED) is 0.838. The van der Waals surface area contributed by atoms with Gasteiger partial charge in [-0.05, 0) is 31.5 Å². The Morgan fingerprint density at radius 2 is 2.00 bits per heavy atom. The predicted octanol–water partition coefficient (Wildman–Crippen LogP) is 1.20. The molecule has 2 rings (SSSR count). The Balaban J connectivity index is 1.98. The van der Waals surface area contributed by atoms with Gasteiger partial charge in [0.1, 0.15) is 13.2 Å². The van der Waals surface area contributed by atoms with Gasteiger partial charge in [0.2, 0.25) is 5.91 Å². The number of rotatable bonds is 5. The standard InChI is InChI=1S/C14H20N2O3/c1-14(2,8-13(15)17)16-9-10-3-4-11-12(7-10)19-6-5-18-11/h3-4,7,16H,5-6,8-9H2,1-2H3,(H2,15,17). The lowest BCUT2D eigenvalue weighted by molar-refractivity contribution is -0.119. The third kappa shape index (κ3) is 3.86. The van der Waals surface area contributed by atoms with E-state index in [2.05, 4.69) is 5.32 Å². The first-order chi connectivity index (χ1) is 8.96. The van der Waals surface area contributed by atoms with Crippen LogP contribution in [0.5, 0.6) is 11.5 Å². The molecule has 1 aliphatic heterocycles. The van der Waals surface area contributed by atoms with Gasteiger partial charge in [-0.3, -0.25) is 4.79 Å². The molecule has 1 amide bonds. The first-order valence-electron chi connectivity index (χ1n) is 6.38. The molecule has 0 fully saturated rings. The number of carbonyl (C=O) groups is 1. The zero-order valence-corrected chi connectivity index (χ0v) is 11.4. The Morgan fingerprint density at radius 3 is 2.68 bits per heavy atom. The number of ether oxygens (including phenoxy) is 2. The number of hydrogen-bond acceptors (Lipinski definition) is 4. The molecule has 0 aromatic heterocycles. The number of hydrogen-bond donors (Lipinski definition) is 2. The summed E-state index contributed by atoms with van der Waals surface area (Å²) >= 11 is 0. The maximum absolute atomic E-state index is 11.0. The van der Waals surface area contributed by atoms with Crippen LogP contribution in [0.4, 0.5) is 0 Å². The molecule has 0 saturated carbocycles. The summed E-state index contributed by atoms with van der Waals surface area (Å²) in [6.45, 7) is 5.73. The van der Waals surface area contributed by atoms with Crippen LogP contribution in [0, 0.1) is 0 Å². The van der Waals surface area contributed by atoms with Crippen molar-refractivity contribution in [2.24, 2.45) is 5.73 Å². The molecule has 0 bridgehead atoms. The highest BCUT2D eigenvalue weighted by Crippen LogP contribution is 2.30. The van der Waals surface area contributed by atoms with Crippen molar-refractivity contribution in [3.05, 3.63) is 23.8 Å². The summed E-state index contributed by atoms with van der Waals surface area (Å²) in [7, 11) is 0. The number of carbonyl (C=O) groups excluding carboxylic acids is 1. The van der Waals surface area contributed by atoms with Crippen LogP contribution in [-0.2, 0) is 11.3 Å². The smallest absolute Gasteiger partial charge is 0.219 e. The van der Waals surface area contributed by atoms with E-state index < -0.39 is 0 Å². The van der Waals surface area contributed by atoms with Crippen molar-refractivity contribution in [1.82, 2.24) is 5.32 Å². The van der Waals surface area contributed by atoms with Crippen molar-refractivity contribution in [2.45, 2.75) is 32.4 Å². The van der Waals surface area contributed by atoms with Gasteiger partial charge in [0.15, 0.2) is 11.5 Å². The fraction of sp³-hybridized carbons (Fsp3) is 0.500. The first-order valence-corrected chi connectivity index (χ1v) is 6.38. The van der Waals surface area contributed by atoms with Crippen molar-refractivity contribution < 1.29 is 14.3 Å². The number of nitrogens with two attached hydrogens (primary N) is 1. The molecule has 5 heteroatoms. The Labute approximate surface area is 113 Å². The van der Waals surface area contributed by atoms with Crippen LogP contribution in [-0.4, -0.2) is 24.7 Å². The first kappa shape index (κ1) is 13.7. The van der Waals surface area contributed by atoms with E-state index in [4.69, 9.17) is 15.2 Å². The molecule has 0 unspecified atom stereocenters. The maximum Gasteiger partial charge on any atom is 0.219 e. The Morgan fingerprint density at radius 1 is 1.32 bits per heavy atom. The van der Waals surface area contributed by atoms with Gasteiger partial charge >= 0.3 is 0 Å². The molecule has 3 N–H and O–H groups in total. The monoisotopic (exact) mass is 264 g/mol. The van der Waals surface area contributed by atoms with Crippen LogP contribution in [0.1, 0.15) is 25.8 Å². The average molecular weight is 264 g/mol. The summed E-state index contributed by atoms with van der Waals surface area (Å²) < 4.78 is 11.0. The SMILES string of the molecule is CC(C)(CC(N)=O)NCc1ccc2c(c1)OCCO2. The van der Waals surface area contributed by atoms with Crippen LogP contribution in [0.2, 0.25) is 0 Å². The van der Waals surface area contributed by atoms with Crippen molar-refractivity contribution in [3.63, 3.8) is 0 Å². The van der Waals surface area contributed by atoms with Gasteiger partial charge in [-0.1, -0.05) is 6.07 Å².